The highest BCUT2D eigenvalue weighted by Gasteiger charge is 2.18. The number of hydrogen-bond acceptors (Lipinski definition) is 6. The lowest BCUT2D eigenvalue weighted by Gasteiger charge is -2.12. The Morgan fingerprint density at radius 1 is 1.17 bits per heavy atom. The largest absolute Gasteiger partial charge is 0.461 e. The number of rotatable bonds is 5. The molecule has 0 spiro atoms. The molecule has 0 aliphatic rings. The molecule has 0 saturated carbocycles. The van der Waals surface area contributed by atoms with Gasteiger partial charge < -0.3 is 10.1 Å². The van der Waals surface area contributed by atoms with Gasteiger partial charge in [-0.1, -0.05) is 24.3 Å². The topological polar surface area (TPSA) is 77.0 Å². The maximum atomic E-state index is 12.1. The van der Waals surface area contributed by atoms with E-state index in [4.69, 9.17) is 4.74 Å². The van der Waals surface area contributed by atoms with E-state index in [1.165, 1.54) is 0 Å². The van der Waals surface area contributed by atoms with Crippen molar-refractivity contribution in [2.45, 2.75) is 13.5 Å². The van der Waals surface area contributed by atoms with E-state index in [9.17, 15) is 4.79 Å². The van der Waals surface area contributed by atoms with Crippen molar-refractivity contribution in [1.82, 2.24) is 15.2 Å². The Morgan fingerprint density at radius 2 is 2.04 bits per heavy atom. The van der Waals surface area contributed by atoms with Gasteiger partial charge in [-0.15, -0.1) is 10.2 Å². The molecule has 3 rings (SSSR count). The molecular formula is C17H16N4O2. The van der Waals surface area contributed by atoms with Crippen molar-refractivity contribution in [2.24, 2.45) is 0 Å². The van der Waals surface area contributed by atoms with Gasteiger partial charge in [-0.05, 0) is 24.6 Å². The van der Waals surface area contributed by atoms with Gasteiger partial charge >= 0.3 is 5.97 Å². The molecule has 1 N–H and O–H groups in total. The number of hydrogen-bond donors (Lipinski definition) is 1. The molecule has 6 nitrogen and oxygen atoms in total. The zero-order valence-corrected chi connectivity index (χ0v) is 12.7. The fourth-order valence-corrected chi connectivity index (χ4v) is 2.27. The van der Waals surface area contributed by atoms with Gasteiger partial charge in [0.1, 0.15) is 0 Å². The molecule has 0 aliphatic carbocycles. The van der Waals surface area contributed by atoms with Crippen LogP contribution in [0.4, 0.5) is 5.69 Å². The Bertz CT molecular complexity index is 821. The fraction of sp³-hybridized carbons (Fsp3) is 0.176. The van der Waals surface area contributed by atoms with Gasteiger partial charge in [0.15, 0.2) is 5.69 Å². The van der Waals surface area contributed by atoms with E-state index in [0.717, 1.165) is 10.9 Å². The molecule has 6 heteroatoms. The molecule has 2 heterocycles. The molecule has 0 amide bonds. The fourth-order valence-electron chi connectivity index (χ4n) is 2.27. The summed E-state index contributed by atoms with van der Waals surface area (Å²) in [6.45, 7) is 2.57. The van der Waals surface area contributed by atoms with Crippen LogP contribution >= 0.6 is 0 Å². The molecule has 0 radical (unpaired) electrons. The van der Waals surface area contributed by atoms with Crippen LogP contribution in [0, 0.1) is 0 Å². The molecule has 3 aromatic rings. The number of carbonyl (C=O) groups is 1. The molecule has 0 aliphatic heterocycles. The van der Waals surface area contributed by atoms with E-state index in [-0.39, 0.29) is 12.3 Å². The van der Waals surface area contributed by atoms with Crippen LogP contribution in [0.3, 0.4) is 0 Å². The van der Waals surface area contributed by atoms with E-state index in [2.05, 4.69) is 20.5 Å². The predicted octanol–water partition coefficient (Wildman–Crippen LogP) is 2.81. The standard InChI is InChI=1S/C17H16N4O2/c1-2-23-17(22)16-15(19-11-12-6-5-9-18-10-12)13-7-3-4-8-14(13)20-21-16/h3-10H,2,11H2,1H3,(H,19,20). The van der Waals surface area contributed by atoms with Crippen molar-refractivity contribution < 1.29 is 9.53 Å². The Kier molecular flexibility index (Phi) is 4.42. The average molecular weight is 308 g/mol. The molecule has 0 fully saturated rings. The van der Waals surface area contributed by atoms with Crippen LogP contribution in [-0.4, -0.2) is 27.8 Å². The number of anilines is 1. The van der Waals surface area contributed by atoms with E-state index in [1.807, 2.05) is 36.4 Å². The summed E-state index contributed by atoms with van der Waals surface area (Å²) in [6.07, 6.45) is 3.49. The molecule has 2 aromatic heterocycles. The van der Waals surface area contributed by atoms with Crippen molar-refractivity contribution in [2.75, 3.05) is 11.9 Å². The second-order valence-electron chi connectivity index (χ2n) is 4.88. The third-order valence-corrected chi connectivity index (χ3v) is 3.33. The normalized spacial score (nSPS) is 10.5. The van der Waals surface area contributed by atoms with Gasteiger partial charge in [-0.3, -0.25) is 4.98 Å². The van der Waals surface area contributed by atoms with Crippen LogP contribution in [0.5, 0.6) is 0 Å². The highest BCUT2D eigenvalue weighted by molar-refractivity contribution is 6.03. The lowest BCUT2D eigenvalue weighted by Crippen LogP contribution is -2.13. The summed E-state index contributed by atoms with van der Waals surface area (Å²) in [7, 11) is 0. The monoisotopic (exact) mass is 308 g/mol. The highest BCUT2D eigenvalue weighted by Crippen LogP contribution is 2.25. The van der Waals surface area contributed by atoms with E-state index in [0.29, 0.717) is 17.7 Å². The number of fused-ring (bicyclic) bond motifs is 1. The lowest BCUT2D eigenvalue weighted by atomic mass is 10.1. The first-order valence-electron chi connectivity index (χ1n) is 7.35. The number of pyridine rings is 1. The van der Waals surface area contributed by atoms with Crippen LogP contribution in [-0.2, 0) is 11.3 Å². The van der Waals surface area contributed by atoms with E-state index in [1.54, 1.807) is 19.3 Å². The number of nitrogens with one attached hydrogen (secondary N) is 1. The minimum absolute atomic E-state index is 0.189. The summed E-state index contributed by atoms with van der Waals surface area (Å²) < 4.78 is 5.08. The second kappa shape index (κ2) is 6.83. The number of ether oxygens (including phenoxy) is 1. The Hall–Kier alpha value is -3.02. The molecule has 0 bridgehead atoms. The van der Waals surface area contributed by atoms with Crippen molar-refractivity contribution in [3.05, 3.63) is 60.0 Å². The van der Waals surface area contributed by atoms with Gasteiger partial charge in [0.2, 0.25) is 0 Å². The summed E-state index contributed by atoms with van der Waals surface area (Å²) in [5.74, 6) is -0.487. The first-order valence-corrected chi connectivity index (χ1v) is 7.35. The van der Waals surface area contributed by atoms with Crippen molar-refractivity contribution in [1.29, 1.82) is 0 Å². The summed E-state index contributed by atoms with van der Waals surface area (Å²) in [5, 5.41) is 12.2. The lowest BCUT2D eigenvalue weighted by molar-refractivity contribution is 0.0519. The SMILES string of the molecule is CCOC(=O)c1nnc2ccccc2c1NCc1cccnc1. The number of aromatic nitrogens is 3. The van der Waals surface area contributed by atoms with Crippen molar-refractivity contribution >= 4 is 22.6 Å². The van der Waals surface area contributed by atoms with Gasteiger partial charge in [-0.25, -0.2) is 4.79 Å². The first-order chi connectivity index (χ1) is 11.3. The number of benzene rings is 1. The molecule has 0 saturated heterocycles. The summed E-state index contributed by atoms with van der Waals surface area (Å²) in [6, 6.07) is 11.4. The maximum absolute atomic E-state index is 12.1. The first kappa shape index (κ1) is 14.9. The quantitative estimate of drug-likeness (QED) is 0.730. The van der Waals surface area contributed by atoms with Gasteiger partial charge in [0, 0.05) is 24.3 Å². The minimum Gasteiger partial charge on any atom is -0.461 e. The molecule has 23 heavy (non-hydrogen) atoms. The smallest absolute Gasteiger partial charge is 0.361 e. The van der Waals surface area contributed by atoms with Gasteiger partial charge in [0.25, 0.3) is 0 Å². The van der Waals surface area contributed by atoms with Crippen molar-refractivity contribution in [3.8, 4) is 0 Å². The van der Waals surface area contributed by atoms with E-state index >= 15 is 0 Å². The van der Waals surface area contributed by atoms with Gasteiger partial charge in [-0.2, -0.15) is 0 Å². The number of carbonyl (C=O) groups excluding carboxylic acids is 1. The maximum Gasteiger partial charge on any atom is 0.361 e. The zero-order valence-electron chi connectivity index (χ0n) is 12.7. The zero-order chi connectivity index (χ0) is 16.1. The van der Waals surface area contributed by atoms with Gasteiger partial charge in [0.05, 0.1) is 17.8 Å². The summed E-state index contributed by atoms with van der Waals surface area (Å²) >= 11 is 0. The van der Waals surface area contributed by atoms with E-state index < -0.39 is 5.97 Å². The summed E-state index contributed by atoms with van der Waals surface area (Å²) in [5.41, 5.74) is 2.53. The van der Waals surface area contributed by atoms with Crippen LogP contribution < -0.4 is 5.32 Å². The average Bonchev–Trinajstić information content (AvgIpc) is 2.60. The van der Waals surface area contributed by atoms with Crippen LogP contribution in [0.25, 0.3) is 10.9 Å². The molecule has 116 valence electrons. The van der Waals surface area contributed by atoms with Crippen LogP contribution in [0.2, 0.25) is 0 Å². The number of esters is 1. The third kappa shape index (κ3) is 3.26. The Labute approximate surface area is 133 Å². The van der Waals surface area contributed by atoms with Crippen LogP contribution in [0.15, 0.2) is 48.8 Å². The Balaban J connectivity index is 2.00. The minimum atomic E-state index is -0.487. The number of nitrogens with zero attached hydrogens (tertiary/aromatic N) is 3. The Morgan fingerprint density at radius 3 is 2.83 bits per heavy atom. The predicted molar refractivity (Wildman–Crippen MR) is 87.1 cm³/mol. The summed E-state index contributed by atoms with van der Waals surface area (Å²) in [4.78, 5) is 16.2. The third-order valence-electron chi connectivity index (χ3n) is 3.33. The highest BCUT2D eigenvalue weighted by atomic mass is 16.5. The second-order valence-corrected chi connectivity index (χ2v) is 4.88. The molecule has 0 atom stereocenters. The van der Waals surface area contributed by atoms with Crippen LogP contribution in [0.1, 0.15) is 23.0 Å². The van der Waals surface area contributed by atoms with Crippen molar-refractivity contribution in [3.63, 3.8) is 0 Å². The molecular weight excluding hydrogens is 292 g/mol. The molecule has 0 unspecified atom stereocenters. The molecule has 1 aromatic carbocycles.